The van der Waals surface area contributed by atoms with Crippen LogP contribution in [0.5, 0.6) is 0 Å². The predicted molar refractivity (Wildman–Crippen MR) is 73.2 cm³/mol. The van der Waals surface area contributed by atoms with Crippen LogP contribution in [0.3, 0.4) is 0 Å². The Kier molecular flexibility index (Phi) is 4.63. The van der Waals surface area contributed by atoms with Gasteiger partial charge in [-0.2, -0.15) is 0 Å². The summed E-state index contributed by atoms with van der Waals surface area (Å²) in [5.41, 5.74) is -0.571. The second-order valence-corrected chi connectivity index (χ2v) is 6.66. The molecule has 1 saturated carbocycles. The van der Waals surface area contributed by atoms with Crippen LogP contribution in [0.4, 0.5) is 0 Å². The fourth-order valence-electron chi connectivity index (χ4n) is 2.78. The van der Waals surface area contributed by atoms with Gasteiger partial charge in [0.05, 0.1) is 17.3 Å². The van der Waals surface area contributed by atoms with Crippen molar-refractivity contribution < 1.29 is 15.3 Å². The second kappa shape index (κ2) is 5.32. The number of allylic oxidation sites excluding steroid dienone is 1. The molecule has 0 heterocycles. The first-order valence-corrected chi connectivity index (χ1v) is 6.86. The third-order valence-corrected chi connectivity index (χ3v) is 4.62. The molecule has 0 aliphatic heterocycles. The maximum atomic E-state index is 10.2. The van der Waals surface area contributed by atoms with Gasteiger partial charge in [-0.05, 0) is 58.3 Å². The van der Waals surface area contributed by atoms with Crippen molar-refractivity contribution in [3.63, 3.8) is 0 Å². The molecule has 18 heavy (non-hydrogen) atoms. The van der Waals surface area contributed by atoms with Crippen LogP contribution >= 0.6 is 0 Å². The highest BCUT2D eigenvalue weighted by molar-refractivity contribution is 5.09. The quantitative estimate of drug-likeness (QED) is 0.661. The van der Waals surface area contributed by atoms with Crippen molar-refractivity contribution >= 4 is 0 Å². The maximum Gasteiger partial charge on any atom is 0.0849 e. The summed E-state index contributed by atoms with van der Waals surface area (Å²) in [4.78, 5) is 0. The van der Waals surface area contributed by atoms with Gasteiger partial charge in [-0.3, -0.25) is 0 Å². The number of aliphatic hydroxyl groups is 3. The van der Waals surface area contributed by atoms with E-state index in [4.69, 9.17) is 0 Å². The first-order chi connectivity index (χ1) is 8.05. The highest BCUT2D eigenvalue weighted by Crippen LogP contribution is 2.44. The molecule has 3 N–H and O–H groups in total. The van der Waals surface area contributed by atoms with Crippen molar-refractivity contribution in [2.45, 2.75) is 70.7 Å². The van der Waals surface area contributed by atoms with E-state index in [0.29, 0.717) is 18.8 Å². The van der Waals surface area contributed by atoms with Crippen LogP contribution in [0.2, 0.25) is 0 Å². The monoisotopic (exact) mass is 256 g/mol. The summed E-state index contributed by atoms with van der Waals surface area (Å²) < 4.78 is 0. The summed E-state index contributed by atoms with van der Waals surface area (Å²) in [6, 6.07) is 0. The summed E-state index contributed by atoms with van der Waals surface area (Å²) in [5, 5.41) is 29.6. The number of rotatable bonds is 5. The number of aliphatic hydroxyl groups excluding tert-OH is 1. The van der Waals surface area contributed by atoms with E-state index in [0.717, 1.165) is 18.4 Å². The minimum Gasteiger partial charge on any atom is -0.390 e. The second-order valence-electron chi connectivity index (χ2n) is 6.66. The number of hydrogen-bond acceptors (Lipinski definition) is 3. The zero-order chi connectivity index (χ0) is 14.1. The minimum atomic E-state index is -1.06. The van der Waals surface area contributed by atoms with Gasteiger partial charge in [0.2, 0.25) is 0 Å². The highest BCUT2D eigenvalue weighted by Gasteiger charge is 2.41. The average molecular weight is 256 g/mol. The fraction of sp³-hybridized carbons (Fsp3) is 0.867. The summed E-state index contributed by atoms with van der Waals surface area (Å²) in [6.45, 7) is 11.3. The van der Waals surface area contributed by atoms with Crippen LogP contribution in [-0.2, 0) is 0 Å². The molecule has 0 spiro atoms. The van der Waals surface area contributed by atoms with E-state index in [2.05, 4.69) is 13.5 Å². The summed E-state index contributed by atoms with van der Waals surface area (Å²) >= 11 is 0. The van der Waals surface area contributed by atoms with E-state index in [1.54, 1.807) is 13.8 Å². The molecular weight excluding hydrogens is 228 g/mol. The van der Waals surface area contributed by atoms with Crippen molar-refractivity contribution in [1.29, 1.82) is 0 Å². The summed E-state index contributed by atoms with van der Waals surface area (Å²) in [5.74, 6) is 0.540. The van der Waals surface area contributed by atoms with Crippen LogP contribution in [0.15, 0.2) is 12.2 Å². The topological polar surface area (TPSA) is 60.7 Å². The van der Waals surface area contributed by atoms with Crippen molar-refractivity contribution in [1.82, 2.24) is 0 Å². The van der Waals surface area contributed by atoms with Gasteiger partial charge in [0.25, 0.3) is 0 Å². The van der Waals surface area contributed by atoms with Gasteiger partial charge in [0.1, 0.15) is 0 Å². The van der Waals surface area contributed by atoms with E-state index in [1.807, 2.05) is 6.92 Å². The lowest BCUT2D eigenvalue weighted by molar-refractivity contribution is -0.0513. The molecule has 1 fully saturated rings. The molecule has 3 nitrogen and oxygen atoms in total. The Morgan fingerprint density at radius 1 is 1.50 bits per heavy atom. The largest absolute Gasteiger partial charge is 0.390 e. The first kappa shape index (κ1) is 15.7. The molecule has 0 aromatic heterocycles. The van der Waals surface area contributed by atoms with Gasteiger partial charge < -0.3 is 15.3 Å². The predicted octanol–water partition coefficient (Wildman–Crippen LogP) is 2.25. The van der Waals surface area contributed by atoms with E-state index < -0.39 is 17.3 Å². The molecule has 0 radical (unpaired) electrons. The lowest BCUT2D eigenvalue weighted by atomic mass is 9.82. The van der Waals surface area contributed by atoms with Crippen molar-refractivity contribution in [3.8, 4) is 0 Å². The Bertz CT molecular complexity index is 301. The van der Waals surface area contributed by atoms with Crippen molar-refractivity contribution in [3.05, 3.63) is 12.2 Å². The van der Waals surface area contributed by atoms with Gasteiger partial charge in [-0.1, -0.05) is 19.1 Å². The van der Waals surface area contributed by atoms with Gasteiger partial charge in [-0.15, -0.1) is 0 Å². The van der Waals surface area contributed by atoms with E-state index >= 15 is 0 Å². The minimum absolute atomic E-state index is 0.212. The van der Waals surface area contributed by atoms with E-state index in [9.17, 15) is 15.3 Å². The molecule has 4 atom stereocenters. The lowest BCUT2D eigenvalue weighted by Crippen LogP contribution is -2.36. The number of hydrogen-bond donors (Lipinski definition) is 3. The fourth-order valence-corrected chi connectivity index (χ4v) is 2.78. The molecule has 0 amide bonds. The van der Waals surface area contributed by atoms with E-state index in [1.165, 1.54) is 0 Å². The summed E-state index contributed by atoms with van der Waals surface area (Å²) in [6.07, 6.45) is 2.27. The smallest absolute Gasteiger partial charge is 0.0849 e. The summed E-state index contributed by atoms with van der Waals surface area (Å²) in [7, 11) is 0. The standard InChI is InChI=1S/C15H28O3/c1-10(6-7-13(16)14(3,4)17)12-8-9-15(5,18)11(12)2/h11-13,16-18H,1,6-9H2,2-5H3/t11-,12-,13+,15+/m0/s1. The molecule has 0 bridgehead atoms. The zero-order valence-electron chi connectivity index (χ0n) is 12.1. The highest BCUT2D eigenvalue weighted by atomic mass is 16.3. The molecule has 3 heteroatoms. The average Bonchev–Trinajstić information content (AvgIpc) is 2.49. The van der Waals surface area contributed by atoms with Crippen molar-refractivity contribution in [2.24, 2.45) is 11.8 Å². The third-order valence-electron chi connectivity index (χ3n) is 4.62. The molecule has 1 aliphatic carbocycles. The maximum absolute atomic E-state index is 10.2. The zero-order valence-corrected chi connectivity index (χ0v) is 12.1. The van der Waals surface area contributed by atoms with Gasteiger partial charge in [0, 0.05) is 0 Å². The van der Waals surface area contributed by atoms with Crippen LogP contribution in [-0.4, -0.2) is 32.6 Å². The Balaban J connectivity index is 2.48. The molecular formula is C15H28O3. The van der Waals surface area contributed by atoms with Gasteiger partial charge in [0.15, 0.2) is 0 Å². The first-order valence-electron chi connectivity index (χ1n) is 6.86. The Morgan fingerprint density at radius 2 is 2.06 bits per heavy atom. The molecule has 0 aromatic rings. The normalized spacial score (nSPS) is 34.6. The van der Waals surface area contributed by atoms with E-state index in [-0.39, 0.29) is 5.92 Å². The molecule has 1 aliphatic rings. The molecule has 106 valence electrons. The Labute approximate surface area is 111 Å². The Hall–Kier alpha value is -0.380. The Morgan fingerprint density at radius 3 is 2.44 bits per heavy atom. The van der Waals surface area contributed by atoms with Crippen LogP contribution in [0, 0.1) is 11.8 Å². The van der Waals surface area contributed by atoms with Crippen LogP contribution in [0.1, 0.15) is 53.4 Å². The van der Waals surface area contributed by atoms with Gasteiger partial charge >= 0.3 is 0 Å². The lowest BCUT2D eigenvalue weighted by Gasteiger charge is -2.28. The SMILES string of the molecule is C=C(CC[C@@H](O)C(C)(C)O)[C@@H]1CC[C@@](C)(O)[C@H]1C. The molecule has 0 saturated heterocycles. The molecule has 0 unspecified atom stereocenters. The third kappa shape index (κ3) is 3.56. The van der Waals surface area contributed by atoms with Crippen molar-refractivity contribution in [2.75, 3.05) is 0 Å². The molecule has 1 rings (SSSR count). The van der Waals surface area contributed by atoms with Crippen LogP contribution < -0.4 is 0 Å². The van der Waals surface area contributed by atoms with Gasteiger partial charge in [-0.25, -0.2) is 0 Å². The molecule has 0 aromatic carbocycles. The van der Waals surface area contributed by atoms with Crippen LogP contribution in [0.25, 0.3) is 0 Å².